The Morgan fingerprint density at radius 3 is 2.52 bits per heavy atom. The number of nitrogens with one attached hydrogen (secondary N) is 2. The monoisotopic (exact) mass is 391 g/mol. The topological polar surface area (TPSA) is 81.1 Å². The highest BCUT2D eigenvalue weighted by atomic mass is 16.2. The molecule has 1 aliphatic rings. The zero-order chi connectivity index (χ0) is 20.9. The van der Waals surface area contributed by atoms with E-state index in [0.29, 0.717) is 18.0 Å². The maximum absolute atomic E-state index is 12.2. The summed E-state index contributed by atoms with van der Waals surface area (Å²) < 4.78 is 0. The van der Waals surface area contributed by atoms with Gasteiger partial charge in [0.25, 0.3) is 0 Å². The van der Waals surface area contributed by atoms with Gasteiger partial charge in [0.15, 0.2) is 0 Å². The molecule has 2 heterocycles. The van der Waals surface area contributed by atoms with Crippen LogP contribution in [0.5, 0.6) is 0 Å². The van der Waals surface area contributed by atoms with Crippen molar-refractivity contribution in [1.29, 1.82) is 5.26 Å². The Morgan fingerprint density at radius 1 is 1.21 bits per heavy atom. The molecule has 152 valence electrons. The van der Waals surface area contributed by atoms with Crippen LogP contribution in [-0.4, -0.2) is 30.6 Å². The average Bonchev–Trinajstić information content (AvgIpc) is 2.72. The third kappa shape index (κ3) is 5.47. The van der Waals surface area contributed by atoms with E-state index in [1.54, 1.807) is 18.3 Å². The Bertz CT molecular complexity index is 871. The lowest BCUT2D eigenvalue weighted by molar-refractivity contribution is 0.248. The molecule has 0 atom stereocenters. The first-order chi connectivity index (χ1) is 13.9. The summed E-state index contributed by atoms with van der Waals surface area (Å²) in [6.45, 7) is 8.84. The van der Waals surface area contributed by atoms with Crippen molar-refractivity contribution in [3.63, 3.8) is 0 Å². The van der Waals surface area contributed by atoms with Crippen LogP contribution < -0.4 is 15.5 Å². The van der Waals surface area contributed by atoms with Gasteiger partial charge in [-0.1, -0.05) is 32.9 Å². The summed E-state index contributed by atoms with van der Waals surface area (Å²) >= 11 is 0. The molecule has 6 heteroatoms. The number of rotatable bonds is 4. The molecule has 0 radical (unpaired) electrons. The van der Waals surface area contributed by atoms with Crippen molar-refractivity contribution in [1.82, 2.24) is 10.3 Å². The van der Waals surface area contributed by atoms with Crippen molar-refractivity contribution in [2.75, 3.05) is 29.9 Å². The summed E-state index contributed by atoms with van der Waals surface area (Å²) in [5, 5.41) is 15.1. The number of hydrogen-bond acceptors (Lipinski definition) is 4. The molecule has 2 aromatic rings. The summed E-state index contributed by atoms with van der Waals surface area (Å²) in [5.41, 5.74) is 2.74. The van der Waals surface area contributed by atoms with E-state index in [1.807, 2.05) is 12.1 Å². The number of benzene rings is 1. The van der Waals surface area contributed by atoms with Gasteiger partial charge in [-0.05, 0) is 54.0 Å². The number of urea groups is 1. The molecule has 1 fully saturated rings. The number of nitriles is 1. The molecule has 1 aromatic heterocycles. The number of piperidine rings is 1. The minimum absolute atomic E-state index is 0.0962. The molecule has 1 aliphatic heterocycles. The molecule has 0 unspecified atom stereocenters. The van der Waals surface area contributed by atoms with Crippen molar-refractivity contribution < 1.29 is 4.79 Å². The van der Waals surface area contributed by atoms with Crippen LogP contribution in [0.4, 0.5) is 16.3 Å². The van der Waals surface area contributed by atoms with Gasteiger partial charge in [-0.25, -0.2) is 9.78 Å². The summed E-state index contributed by atoms with van der Waals surface area (Å²) in [4.78, 5) is 18.8. The maximum atomic E-state index is 12.2. The van der Waals surface area contributed by atoms with E-state index in [0.717, 1.165) is 37.4 Å². The van der Waals surface area contributed by atoms with Gasteiger partial charge in [0.1, 0.15) is 11.9 Å². The molecule has 2 amide bonds. The van der Waals surface area contributed by atoms with Gasteiger partial charge in [-0.3, -0.25) is 0 Å². The molecular formula is C23H29N5O. The molecule has 1 saturated heterocycles. The zero-order valence-corrected chi connectivity index (χ0v) is 17.4. The minimum atomic E-state index is -0.174. The fourth-order valence-corrected chi connectivity index (χ4v) is 3.55. The largest absolute Gasteiger partial charge is 0.356 e. The quantitative estimate of drug-likeness (QED) is 0.815. The normalized spacial score (nSPS) is 14.9. The number of carbonyl (C=O) groups is 1. The number of hydrogen-bond donors (Lipinski definition) is 2. The smallest absolute Gasteiger partial charge is 0.319 e. The molecule has 0 aliphatic carbocycles. The number of aromatic nitrogens is 1. The molecule has 1 aromatic carbocycles. The van der Waals surface area contributed by atoms with Gasteiger partial charge < -0.3 is 15.5 Å². The Labute approximate surface area is 172 Å². The van der Waals surface area contributed by atoms with Crippen LogP contribution in [0.25, 0.3) is 0 Å². The lowest BCUT2D eigenvalue weighted by Crippen LogP contribution is -2.40. The van der Waals surface area contributed by atoms with E-state index < -0.39 is 0 Å². The number of anilines is 2. The Balaban J connectivity index is 1.44. The highest BCUT2D eigenvalue weighted by molar-refractivity contribution is 5.89. The Hall–Kier alpha value is -3.07. The van der Waals surface area contributed by atoms with Crippen LogP contribution in [0.2, 0.25) is 0 Å². The lowest BCUT2D eigenvalue weighted by Gasteiger charge is -2.33. The second-order valence-electron chi connectivity index (χ2n) is 8.58. The molecule has 29 heavy (non-hydrogen) atoms. The van der Waals surface area contributed by atoms with Gasteiger partial charge >= 0.3 is 6.03 Å². The molecule has 2 N–H and O–H groups in total. The molecule has 0 saturated carbocycles. The number of carbonyl (C=O) groups excluding carboxylic acids is 1. The second-order valence-corrected chi connectivity index (χ2v) is 8.58. The standard InChI is InChI=1S/C23H29N5O/c1-23(2,3)19-6-8-20(9-7-19)27-22(29)26-16-17-10-13-28(14-11-17)21-18(15-24)5-4-12-25-21/h4-9,12,17H,10-11,13-14,16H2,1-3H3,(H2,26,27,29). The first kappa shape index (κ1) is 20.7. The van der Waals surface area contributed by atoms with E-state index in [9.17, 15) is 10.1 Å². The summed E-state index contributed by atoms with van der Waals surface area (Å²) in [7, 11) is 0. The SMILES string of the molecule is CC(C)(C)c1ccc(NC(=O)NCC2CCN(c3ncccc3C#N)CC2)cc1. The van der Waals surface area contributed by atoms with Crippen LogP contribution in [0.3, 0.4) is 0 Å². The van der Waals surface area contributed by atoms with Crippen LogP contribution in [0.15, 0.2) is 42.6 Å². The summed E-state index contributed by atoms with van der Waals surface area (Å²) in [6.07, 6.45) is 3.65. The predicted molar refractivity (Wildman–Crippen MR) is 116 cm³/mol. The number of amides is 2. The maximum Gasteiger partial charge on any atom is 0.319 e. The van der Waals surface area contributed by atoms with E-state index in [-0.39, 0.29) is 11.4 Å². The zero-order valence-electron chi connectivity index (χ0n) is 17.4. The van der Waals surface area contributed by atoms with Crippen molar-refractivity contribution in [2.45, 2.75) is 39.0 Å². The van der Waals surface area contributed by atoms with Crippen LogP contribution >= 0.6 is 0 Å². The molecule has 0 bridgehead atoms. The van der Waals surface area contributed by atoms with Gasteiger partial charge in [-0.2, -0.15) is 5.26 Å². The van der Waals surface area contributed by atoms with Crippen molar-refractivity contribution in [3.05, 3.63) is 53.7 Å². The van der Waals surface area contributed by atoms with Gasteiger partial charge in [0, 0.05) is 31.5 Å². The van der Waals surface area contributed by atoms with Gasteiger partial charge in [0.05, 0.1) is 5.56 Å². The van der Waals surface area contributed by atoms with E-state index in [2.05, 4.69) is 59.5 Å². The molecule has 6 nitrogen and oxygen atoms in total. The number of pyridine rings is 1. The second kappa shape index (κ2) is 8.95. The third-order valence-corrected chi connectivity index (χ3v) is 5.38. The minimum Gasteiger partial charge on any atom is -0.356 e. The molecular weight excluding hydrogens is 362 g/mol. The van der Waals surface area contributed by atoms with Crippen molar-refractivity contribution >= 4 is 17.5 Å². The fourth-order valence-electron chi connectivity index (χ4n) is 3.55. The van der Waals surface area contributed by atoms with Gasteiger partial charge in [0.2, 0.25) is 0 Å². The third-order valence-electron chi connectivity index (χ3n) is 5.38. The Morgan fingerprint density at radius 2 is 1.90 bits per heavy atom. The van der Waals surface area contributed by atoms with E-state index in [1.165, 1.54) is 5.56 Å². The van der Waals surface area contributed by atoms with Crippen molar-refractivity contribution in [3.8, 4) is 6.07 Å². The predicted octanol–water partition coefficient (Wildman–Crippen LogP) is 4.29. The highest BCUT2D eigenvalue weighted by Gasteiger charge is 2.22. The molecule has 0 spiro atoms. The van der Waals surface area contributed by atoms with E-state index in [4.69, 9.17) is 0 Å². The first-order valence-electron chi connectivity index (χ1n) is 10.1. The average molecular weight is 392 g/mol. The highest BCUT2D eigenvalue weighted by Crippen LogP contribution is 2.25. The van der Waals surface area contributed by atoms with Crippen LogP contribution in [-0.2, 0) is 5.41 Å². The molecule has 3 rings (SSSR count). The first-order valence-corrected chi connectivity index (χ1v) is 10.1. The van der Waals surface area contributed by atoms with E-state index >= 15 is 0 Å². The van der Waals surface area contributed by atoms with Gasteiger partial charge in [-0.15, -0.1) is 0 Å². The summed E-state index contributed by atoms with van der Waals surface area (Å²) in [6, 6.07) is 13.6. The Kier molecular flexibility index (Phi) is 6.38. The number of nitrogens with zero attached hydrogens (tertiary/aromatic N) is 3. The van der Waals surface area contributed by atoms with Crippen molar-refractivity contribution in [2.24, 2.45) is 5.92 Å². The fraction of sp³-hybridized carbons (Fsp3) is 0.435. The lowest BCUT2D eigenvalue weighted by atomic mass is 9.87. The van der Waals surface area contributed by atoms with Crippen LogP contribution in [0.1, 0.15) is 44.7 Å². The summed E-state index contributed by atoms with van der Waals surface area (Å²) in [5.74, 6) is 1.19. The van der Waals surface area contributed by atoms with Crippen LogP contribution in [0, 0.1) is 17.2 Å².